The Kier molecular flexibility index (Phi) is 3.80. The van der Waals surface area contributed by atoms with Gasteiger partial charge in [0, 0.05) is 18.2 Å². The first-order chi connectivity index (χ1) is 6.83. The van der Waals surface area contributed by atoms with Crippen molar-refractivity contribution in [2.24, 2.45) is 5.73 Å². The third kappa shape index (κ3) is 3.51. The second kappa shape index (κ2) is 4.54. The Morgan fingerprint density at radius 2 is 2.13 bits per heavy atom. The van der Waals surface area contributed by atoms with E-state index in [2.05, 4.69) is 25.7 Å². The van der Waals surface area contributed by atoms with Crippen LogP contribution >= 0.6 is 27.5 Å². The fraction of sp³-hybridized carbons (Fsp3) is 0.286. The second-order valence-corrected chi connectivity index (χ2v) is 3.62. The molecule has 0 bridgehead atoms. The van der Waals surface area contributed by atoms with E-state index in [9.17, 15) is 13.2 Å². The average Bonchev–Trinajstić information content (AvgIpc) is 1.99. The lowest BCUT2D eigenvalue weighted by Gasteiger charge is -2.10. The average molecular weight is 305 g/mol. The Morgan fingerprint density at radius 3 is 2.53 bits per heavy atom. The molecule has 0 saturated heterocycles. The Balaban J connectivity index is 3.04. The molecule has 0 aliphatic heterocycles. The summed E-state index contributed by atoms with van der Waals surface area (Å²) in [5.74, 6) is -0.628. The number of rotatable bonds is 2. The molecule has 15 heavy (non-hydrogen) atoms. The Hall–Kier alpha value is -0.530. The van der Waals surface area contributed by atoms with Crippen LogP contribution in [0.4, 0.5) is 13.2 Å². The van der Waals surface area contributed by atoms with Crippen LogP contribution in [0.15, 0.2) is 10.7 Å². The van der Waals surface area contributed by atoms with Gasteiger partial charge in [0.05, 0.1) is 5.02 Å². The van der Waals surface area contributed by atoms with Gasteiger partial charge >= 0.3 is 6.36 Å². The summed E-state index contributed by atoms with van der Waals surface area (Å²) in [6, 6.07) is 0.960. The quantitative estimate of drug-likeness (QED) is 0.855. The van der Waals surface area contributed by atoms with E-state index in [4.69, 9.17) is 17.3 Å². The van der Waals surface area contributed by atoms with E-state index >= 15 is 0 Å². The summed E-state index contributed by atoms with van der Waals surface area (Å²) in [7, 11) is 0. The summed E-state index contributed by atoms with van der Waals surface area (Å²) in [6.07, 6.45) is -4.79. The summed E-state index contributed by atoms with van der Waals surface area (Å²) in [4.78, 5) is 3.50. The fourth-order valence-corrected chi connectivity index (χ4v) is 1.77. The largest absolute Gasteiger partial charge is 0.574 e. The molecular weight excluding hydrogens is 300 g/mol. The highest BCUT2D eigenvalue weighted by Crippen LogP contribution is 2.29. The molecular formula is C7H5BrClF3N2O. The van der Waals surface area contributed by atoms with Crippen molar-refractivity contribution < 1.29 is 17.9 Å². The molecule has 0 saturated carbocycles. The topological polar surface area (TPSA) is 48.1 Å². The van der Waals surface area contributed by atoms with Crippen LogP contribution in [0.2, 0.25) is 5.02 Å². The zero-order chi connectivity index (χ0) is 11.6. The second-order valence-electron chi connectivity index (χ2n) is 2.46. The molecule has 0 amide bonds. The summed E-state index contributed by atoms with van der Waals surface area (Å²) >= 11 is 8.61. The molecule has 0 aliphatic carbocycles. The van der Waals surface area contributed by atoms with Crippen molar-refractivity contribution in [1.29, 1.82) is 0 Å². The maximum atomic E-state index is 11.8. The number of pyridine rings is 1. The molecule has 1 heterocycles. The van der Waals surface area contributed by atoms with Crippen LogP contribution in [-0.4, -0.2) is 11.3 Å². The van der Waals surface area contributed by atoms with Gasteiger partial charge in [-0.3, -0.25) is 0 Å². The van der Waals surface area contributed by atoms with E-state index in [1.807, 2.05) is 0 Å². The first-order valence-electron chi connectivity index (χ1n) is 3.64. The van der Waals surface area contributed by atoms with Crippen molar-refractivity contribution in [2.75, 3.05) is 0 Å². The van der Waals surface area contributed by atoms with Gasteiger partial charge in [-0.05, 0) is 15.9 Å². The zero-order valence-corrected chi connectivity index (χ0v) is 9.45. The number of alkyl halides is 3. The first-order valence-corrected chi connectivity index (χ1v) is 4.81. The lowest BCUT2D eigenvalue weighted by Crippen LogP contribution is -2.18. The molecule has 0 aliphatic rings. The van der Waals surface area contributed by atoms with Crippen LogP contribution in [0.1, 0.15) is 5.56 Å². The van der Waals surface area contributed by atoms with Gasteiger partial charge in [0.2, 0.25) is 5.88 Å². The Bertz CT molecular complexity index is 349. The molecule has 1 aromatic heterocycles. The maximum absolute atomic E-state index is 11.8. The molecule has 0 fully saturated rings. The standard InChI is InChI=1S/C7H5BrClF3N2O/c8-6-3(2-13)4(9)1-5(14-6)15-7(10,11)12/h1H,2,13H2. The van der Waals surface area contributed by atoms with Crippen molar-refractivity contribution in [3.8, 4) is 5.88 Å². The van der Waals surface area contributed by atoms with Gasteiger partial charge in [-0.1, -0.05) is 11.6 Å². The van der Waals surface area contributed by atoms with Crippen molar-refractivity contribution in [2.45, 2.75) is 12.9 Å². The lowest BCUT2D eigenvalue weighted by atomic mass is 10.3. The predicted molar refractivity (Wildman–Crippen MR) is 51.5 cm³/mol. The minimum Gasteiger partial charge on any atom is -0.388 e. The van der Waals surface area contributed by atoms with Gasteiger partial charge in [-0.15, -0.1) is 13.2 Å². The van der Waals surface area contributed by atoms with Crippen LogP contribution in [0.25, 0.3) is 0 Å². The van der Waals surface area contributed by atoms with Crippen LogP contribution in [0.3, 0.4) is 0 Å². The summed E-state index contributed by atoms with van der Waals surface area (Å²) in [5.41, 5.74) is 5.73. The first kappa shape index (κ1) is 12.5. The van der Waals surface area contributed by atoms with Gasteiger partial charge in [0.1, 0.15) is 4.60 Å². The van der Waals surface area contributed by atoms with E-state index < -0.39 is 12.2 Å². The molecule has 0 unspecified atom stereocenters. The smallest absolute Gasteiger partial charge is 0.388 e. The highest BCUT2D eigenvalue weighted by Gasteiger charge is 2.32. The summed E-state index contributed by atoms with van der Waals surface area (Å²) < 4.78 is 39.3. The van der Waals surface area contributed by atoms with Gasteiger partial charge in [-0.25, -0.2) is 4.98 Å². The number of halogens is 5. The number of ether oxygens (including phenoxy) is 1. The van der Waals surface area contributed by atoms with Crippen molar-refractivity contribution in [1.82, 2.24) is 4.98 Å². The molecule has 2 N–H and O–H groups in total. The third-order valence-corrected chi connectivity index (χ3v) is 2.41. The van der Waals surface area contributed by atoms with Gasteiger partial charge in [0.25, 0.3) is 0 Å². The molecule has 1 aromatic rings. The number of nitrogens with two attached hydrogens (primary N) is 1. The molecule has 0 aromatic carbocycles. The Morgan fingerprint density at radius 1 is 1.53 bits per heavy atom. The van der Waals surface area contributed by atoms with Crippen molar-refractivity contribution in [3.63, 3.8) is 0 Å². The van der Waals surface area contributed by atoms with Crippen LogP contribution in [-0.2, 0) is 6.54 Å². The molecule has 84 valence electrons. The highest BCUT2D eigenvalue weighted by molar-refractivity contribution is 9.10. The molecule has 0 atom stereocenters. The molecule has 0 radical (unpaired) electrons. The zero-order valence-electron chi connectivity index (χ0n) is 7.11. The third-order valence-electron chi connectivity index (χ3n) is 1.42. The SMILES string of the molecule is NCc1c(Cl)cc(OC(F)(F)F)nc1Br. The van der Waals surface area contributed by atoms with Gasteiger partial charge < -0.3 is 10.5 Å². The molecule has 1 rings (SSSR count). The molecule has 8 heteroatoms. The van der Waals surface area contributed by atoms with E-state index in [0.717, 1.165) is 6.07 Å². The summed E-state index contributed by atoms with van der Waals surface area (Å²) in [5, 5.41) is 0.0682. The normalized spacial score (nSPS) is 11.6. The molecule has 3 nitrogen and oxygen atoms in total. The lowest BCUT2D eigenvalue weighted by molar-refractivity contribution is -0.276. The monoisotopic (exact) mass is 304 g/mol. The number of aromatic nitrogens is 1. The van der Waals surface area contributed by atoms with E-state index in [-0.39, 0.29) is 16.2 Å². The van der Waals surface area contributed by atoms with Crippen LogP contribution in [0, 0.1) is 0 Å². The summed E-state index contributed by atoms with van der Waals surface area (Å²) in [6.45, 7) is 0.0682. The van der Waals surface area contributed by atoms with Crippen molar-refractivity contribution >= 4 is 27.5 Å². The predicted octanol–water partition coefficient (Wildman–Crippen LogP) is 2.85. The maximum Gasteiger partial charge on any atom is 0.574 e. The van der Waals surface area contributed by atoms with Crippen molar-refractivity contribution in [3.05, 3.63) is 21.3 Å². The number of nitrogens with zero attached hydrogens (tertiary/aromatic N) is 1. The van der Waals surface area contributed by atoms with E-state index in [1.165, 1.54) is 0 Å². The number of hydrogen-bond acceptors (Lipinski definition) is 3. The minimum absolute atomic E-state index is 0.0682. The Labute approximate surface area is 96.5 Å². The number of hydrogen-bond donors (Lipinski definition) is 1. The van der Waals surface area contributed by atoms with Gasteiger partial charge in [-0.2, -0.15) is 0 Å². The van der Waals surface area contributed by atoms with E-state index in [1.54, 1.807) is 0 Å². The fourth-order valence-electron chi connectivity index (χ4n) is 0.843. The highest BCUT2D eigenvalue weighted by atomic mass is 79.9. The van der Waals surface area contributed by atoms with Gasteiger partial charge in [0.15, 0.2) is 0 Å². The van der Waals surface area contributed by atoms with Crippen LogP contribution in [0.5, 0.6) is 5.88 Å². The molecule has 0 spiro atoms. The minimum atomic E-state index is -4.79. The van der Waals surface area contributed by atoms with Crippen LogP contribution < -0.4 is 10.5 Å². The van der Waals surface area contributed by atoms with E-state index in [0.29, 0.717) is 5.56 Å².